The van der Waals surface area contributed by atoms with Crippen molar-refractivity contribution in [3.05, 3.63) is 84.4 Å². The number of nitrogens with zero attached hydrogens (tertiary/aromatic N) is 1. The fraction of sp³-hybridized carbons (Fsp3) is 0.174. The van der Waals surface area contributed by atoms with E-state index in [0.29, 0.717) is 23.5 Å². The number of amides is 1. The first kappa shape index (κ1) is 21.4. The zero-order valence-corrected chi connectivity index (χ0v) is 17.7. The van der Waals surface area contributed by atoms with E-state index in [1.54, 1.807) is 54.6 Å². The van der Waals surface area contributed by atoms with E-state index in [-0.39, 0.29) is 11.4 Å². The Labute approximate surface area is 177 Å². The van der Waals surface area contributed by atoms with Gasteiger partial charge in [0.2, 0.25) is 5.91 Å². The second-order valence-corrected chi connectivity index (χ2v) is 8.42. The van der Waals surface area contributed by atoms with E-state index >= 15 is 0 Å². The topological polar surface area (TPSA) is 75.7 Å². The molecule has 30 heavy (non-hydrogen) atoms. The Morgan fingerprint density at radius 2 is 1.57 bits per heavy atom. The predicted octanol–water partition coefficient (Wildman–Crippen LogP) is 4.09. The number of rotatable bonds is 8. The van der Waals surface area contributed by atoms with Crippen molar-refractivity contribution in [1.82, 2.24) is 0 Å². The summed E-state index contributed by atoms with van der Waals surface area (Å²) in [5.41, 5.74) is 1.80. The highest BCUT2D eigenvalue weighted by atomic mass is 32.2. The van der Waals surface area contributed by atoms with Crippen LogP contribution >= 0.6 is 0 Å². The Hall–Kier alpha value is -3.32. The summed E-state index contributed by atoms with van der Waals surface area (Å²) in [6, 6.07) is 22.3. The maximum atomic E-state index is 13.4. The normalized spacial score (nSPS) is 11.0. The van der Waals surface area contributed by atoms with Crippen LogP contribution in [0.3, 0.4) is 0 Å². The van der Waals surface area contributed by atoms with Gasteiger partial charge in [0.05, 0.1) is 23.4 Å². The van der Waals surface area contributed by atoms with Crippen LogP contribution in [0, 0.1) is 0 Å². The maximum absolute atomic E-state index is 13.4. The molecule has 0 aromatic heterocycles. The largest absolute Gasteiger partial charge is 0.495 e. The smallest absolute Gasteiger partial charge is 0.264 e. The van der Waals surface area contributed by atoms with Gasteiger partial charge in [0.15, 0.2) is 0 Å². The predicted molar refractivity (Wildman–Crippen MR) is 118 cm³/mol. The molecule has 0 spiro atoms. The van der Waals surface area contributed by atoms with E-state index in [1.807, 2.05) is 19.1 Å². The van der Waals surface area contributed by atoms with Crippen LogP contribution in [0.1, 0.15) is 12.5 Å². The van der Waals surface area contributed by atoms with Crippen molar-refractivity contribution in [2.75, 3.05) is 23.3 Å². The molecule has 6 nitrogen and oxygen atoms in total. The number of para-hydroxylation sites is 3. The van der Waals surface area contributed by atoms with Crippen molar-refractivity contribution >= 4 is 27.3 Å². The molecule has 0 aliphatic carbocycles. The van der Waals surface area contributed by atoms with Gasteiger partial charge < -0.3 is 10.1 Å². The zero-order chi connectivity index (χ0) is 21.6. The summed E-state index contributed by atoms with van der Waals surface area (Å²) in [7, 11) is -2.44. The first-order chi connectivity index (χ1) is 14.5. The zero-order valence-electron chi connectivity index (χ0n) is 16.9. The highest BCUT2D eigenvalue weighted by Gasteiger charge is 2.28. The fourth-order valence-corrected chi connectivity index (χ4v) is 4.62. The van der Waals surface area contributed by atoms with Crippen LogP contribution in [0.5, 0.6) is 5.75 Å². The summed E-state index contributed by atoms with van der Waals surface area (Å²) in [4.78, 5) is 13.0. The number of ether oxygens (including phenoxy) is 1. The van der Waals surface area contributed by atoms with Crippen LogP contribution in [0.2, 0.25) is 0 Å². The quantitative estimate of drug-likeness (QED) is 0.591. The third-order valence-electron chi connectivity index (χ3n) is 4.64. The lowest BCUT2D eigenvalue weighted by molar-refractivity contribution is -0.114. The monoisotopic (exact) mass is 424 g/mol. The van der Waals surface area contributed by atoms with E-state index in [0.717, 1.165) is 9.87 Å². The average molecular weight is 425 g/mol. The molecule has 0 atom stereocenters. The van der Waals surface area contributed by atoms with Gasteiger partial charge in [0, 0.05) is 0 Å². The average Bonchev–Trinajstić information content (AvgIpc) is 2.78. The van der Waals surface area contributed by atoms with E-state index in [2.05, 4.69) is 5.32 Å². The SMILES string of the molecule is CCc1ccccc1N(CC(=O)Nc1ccccc1OC)S(=O)(=O)c1ccccc1. The summed E-state index contributed by atoms with van der Waals surface area (Å²) in [5.74, 6) is 0.0298. The highest BCUT2D eigenvalue weighted by molar-refractivity contribution is 7.92. The van der Waals surface area contributed by atoms with Crippen LogP contribution in [0.15, 0.2) is 83.8 Å². The van der Waals surface area contributed by atoms with Crippen LogP contribution in [-0.2, 0) is 21.2 Å². The number of carbonyl (C=O) groups excluding carboxylic acids is 1. The minimum atomic E-state index is -3.95. The minimum Gasteiger partial charge on any atom is -0.495 e. The van der Waals surface area contributed by atoms with E-state index in [4.69, 9.17) is 4.74 Å². The molecule has 0 radical (unpaired) electrons. The number of aryl methyl sites for hydroxylation is 1. The van der Waals surface area contributed by atoms with Crippen molar-refractivity contribution in [3.63, 3.8) is 0 Å². The van der Waals surface area contributed by atoms with Gasteiger partial charge in [-0.1, -0.05) is 55.5 Å². The van der Waals surface area contributed by atoms with Gasteiger partial charge in [-0.2, -0.15) is 0 Å². The molecule has 0 unspecified atom stereocenters. The molecule has 0 heterocycles. The molecule has 0 aliphatic rings. The number of nitrogens with one attached hydrogen (secondary N) is 1. The van der Waals surface area contributed by atoms with Crippen LogP contribution in [-0.4, -0.2) is 28.0 Å². The molecule has 3 aromatic rings. The molecule has 1 amide bonds. The third-order valence-corrected chi connectivity index (χ3v) is 6.41. The number of sulfonamides is 1. The number of methoxy groups -OCH3 is 1. The van der Waals surface area contributed by atoms with Crippen molar-refractivity contribution in [3.8, 4) is 5.75 Å². The Morgan fingerprint density at radius 1 is 0.933 bits per heavy atom. The summed E-state index contributed by atoms with van der Waals surface area (Å²) in [5, 5.41) is 2.75. The van der Waals surface area contributed by atoms with E-state index in [9.17, 15) is 13.2 Å². The summed E-state index contributed by atoms with van der Waals surface area (Å²) < 4.78 is 33.3. The third kappa shape index (κ3) is 4.63. The number of hydrogen-bond acceptors (Lipinski definition) is 4. The minimum absolute atomic E-state index is 0.126. The maximum Gasteiger partial charge on any atom is 0.264 e. The van der Waals surface area contributed by atoms with Gasteiger partial charge in [-0.05, 0) is 42.3 Å². The summed E-state index contributed by atoms with van der Waals surface area (Å²) in [6.45, 7) is 1.58. The molecule has 0 saturated carbocycles. The molecule has 0 bridgehead atoms. The Balaban J connectivity index is 1.99. The van der Waals surface area contributed by atoms with Gasteiger partial charge in [0.25, 0.3) is 10.0 Å². The molecule has 0 fully saturated rings. The Morgan fingerprint density at radius 3 is 2.27 bits per heavy atom. The number of benzene rings is 3. The molecular formula is C23H24N2O4S. The van der Waals surface area contributed by atoms with Crippen molar-refractivity contribution in [2.45, 2.75) is 18.2 Å². The Bertz CT molecular complexity index is 1110. The molecule has 7 heteroatoms. The molecule has 0 aliphatic heterocycles. The van der Waals surface area contributed by atoms with Crippen molar-refractivity contribution in [1.29, 1.82) is 0 Å². The van der Waals surface area contributed by atoms with Crippen molar-refractivity contribution < 1.29 is 17.9 Å². The van der Waals surface area contributed by atoms with Gasteiger partial charge in [-0.25, -0.2) is 8.42 Å². The summed E-state index contributed by atoms with van der Waals surface area (Å²) >= 11 is 0. The lowest BCUT2D eigenvalue weighted by Crippen LogP contribution is -2.38. The number of anilines is 2. The first-order valence-corrected chi connectivity index (χ1v) is 11.0. The lowest BCUT2D eigenvalue weighted by Gasteiger charge is -2.26. The van der Waals surface area contributed by atoms with Crippen molar-refractivity contribution in [2.24, 2.45) is 0 Å². The van der Waals surface area contributed by atoms with Gasteiger partial charge in [0.1, 0.15) is 12.3 Å². The molecule has 3 rings (SSSR count). The second kappa shape index (κ2) is 9.45. The van der Waals surface area contributed by atoms with Crippen LogP contribution in [0.25, 0.3) is 0 Å². The first-order valence-electron chi connectivity index (χ1n) is 9.56. The molecule has 0 saturated heterocycles. The summed E-state index contributed by atoms with van der Waals surface area (Å²) in [6.07, 6.45) is 0.630. The van der Waals surface area contributed by atoms with E-state index < -0.39 is 15.9 Å². The number of carbonyl (C=O) groups is 1. The van der Waals surface area contributed by atoms with Crippen LogP contribution < -0.4 is 14.4 Å². The molecule has 3 aromatic carbocycles. The van der Waals surface area contributed by atoms with Gasteiger partial charge in [-0.3, -0.25) is 9.10 Å². The number of hydrogen-bond donors (Lipinski definition) is 1. The highest BCUT2D eigenvalue weighted by Crippen LogP contribution is 2.28. The van der Waals surface area contributed by atoms with E-state index in [1.165, 1.54) is 19.2 Å². The molecular weight excluding hydrogens is 400 g/mol. The second-order valence-electron chi connectivity index (χ2n) is 6.56. The van der Waals surface area contributed by atoms with Gasteiger partial charge >= 0.3 is 0 Å². The molecule has 156 valence electrons. The lowest BCUT2D eigenvalue weighted by atomic mass is 10.1. The Kier molecular flexibility index (Phi) is 6.74. The standard InChI is InChI=1S/C23H24N2O4S/c1-3-18-11-7-9-15-21(18)25(30(27,28)19-12-5-4-6-13-19)17-23(26)24-20-14-8-10-16-22(20)29-2/h4-16H,3,17H2,1-2H3,(H,24,26). The molecule has 1 N–H and O–H groups in total. The fourth-order valence-electron chi connectivity index (χ4n) is 3.14. The van der Waals surface area contributed by atoms with Gasteiger partial charge in [-0.15, -0.1) is 0 Å². The van der Waals surface area contributed by atoms with Crippen LogP contribution in [0.4, 0.5) is 11.4 Å².